The molecular formula is C13H11N5. The summed E-state index contributed by atoms with van der Waals surface area (Å²) in [5, 5.41) is 4.42. The van der Waals surface area contributed by atoms with Crippen molar-refractivity contribution >= 4 is 5.69 Å². The Hall–Kier alpha value is -2.69. The Labute approximate surface area is 104 Å². The molecule has 0 aliphatic carbocycles. The van der Waals surface area contributed by atoms with Gasteiger partial charge in [-0.15, -0.1) is 0 Å². The van der Waals surface area contributed by atoms with Gasteiger partial charge in [0.25, 0.3) is 5.95 Å². The van der Waals surface area contributed by atoms with E-state index in [9.17, 15) is 0 Å². The minimum Gasteiger partial charge on any atom is -0.396 e. The number of anilines is 1. The molecule has 18 heavy (non-hydrogen) atoms. The third-order valence-corrected chi connectivity index (χ3v) is 2.55. The standard InChI is InChI=1S/C13H11N5/c14-11-9-18(13-15-7-4-8-16-13)17-12(11)10-5-2-1-3-6-10/h1-9H,14H2. The minimum atomic E-state index is 0.506. The van der Waals surface area contributed by atoms with Crippen LogP contribution in [0.4, 0.5) is 5.69 Å². The van der Waals surface area contributed by atoms with Crippen molar-refractivity contribution in [3.05, 3.63) is 55.0 Å². The van der Waals surface area contributed by atoms with Crippen molar-refractivity contribution in [1.82, 2.24) is 19.7 Å². The van der Waals surface area contributed by atoms with Crippen LogP contribution in [0.25, 0.3) is 17.2 Å². The average molecular weight is 237 g/mol. The predicted octanol–water partition coefficient (Wildman–Crippen LogP) is 1.91. The highest BCUT2D eigenvalue weighted by molar-refractivity contribution is 5.72. The van der Waals surface area contributed by atoms with Crippen LogP contribution in [0.1, 0.15) is 0 Å². The van der Waals surface area contributed by atoms with Crippen LogP contribution in [0, 0.1) is 0 Å². The van der Waals surface area contributed by atoms with E-state index in [-0.39, 0.29) is 0 Å². The summed E-state index contributed by atoms with van der Waals surface area (Å²) in [5.74, 6) is 0.506. The quantitative estimate of drug-likeness (QED) is 0.739. The fourth-order valence-corrected chi connectivity index (χ4v) is 1.72. The number of benzene rings is 1. The molecule has 3 aromatic rings. The molecule has 2 aromatic heterocycles. The van der Waals surface area contributed by atoms with Crippen LogP contribution in [0.2, 0.25) is 0 Å². The van der Waals surface area contributed by atoms with Gasteiger partial charge in [0.1, 0.15) is 5.69 Å². The first-order valence-electron chi connectivity index (χ1n) is 5.52. The fourth-order valence-electron chi connectivity index (χ4n) is 1.72. The number of nitrogens with two attached hydrogens (primary N) is 1. The predicted molar refractivity (Wildman–Crippen MR) is 69.0 cm³/mol. The van der Waals surface area contributed by atoms with Crippen molar-refractivity contribution in [2.45, 2.75) is 0 Å². The molecule has 0 aliphatic rings. The molecule has 0 atom stereocenters. The van der Waals surface area contributed by atoms with Crippen molar-refractivity contribution in [2.75, 3.05) is 5.73 Å². The molecule has 0 amide bonds. The normalized spacial score (nSPS) is 10.4. The maximum atomic E-state index is 5.97. The second-order valence-corrected chi connectivity index (χ2v) is 3.79. The summed E-state index contributed by atoms with van der Waals surface area (Å²) in [5.41, 5.74) is 8.29. The molecule has 0 unspecified atom stereocenters. The molecule has 3 rings (SSSR count). The van der Waals surface area contributed by atoms with Gasteiger partial charge >= 0.3 is 0 Å². The maximum absolute atomic E-state index is 5.97. The number of nitrogens with zero attached hydrogens (tertiary/aromatic N) is 4. The van der Waals surface area contributed by atoms with E-state index < -0.39 is 0 Å². The number of rotatable bonds is 2. The lowest BCUT2D eigenvalue weighted by Gasteiger charge is -1.98. The zero-order valence-corrected chi connectivity index (χ0v) is 9.56. The molecule has 0 bridgehead atoms. The number of hydrogen-bond donors (Lipinski definition) is 1. The van der Waals surface area contributed by atoms with Gasteiger partial charge in [0.05, 0.1) is 11.9 Å². The molecule has 0 radical (unpaired) electrons. The van der Waals surface area contributed by atoms with E-state index >= 15 is 0 Å². The Morgan fingerprint density at radius 1 is 0.944 bits per heavy atom. The summed E-state index contributed by atoms with van der Waals surface area (Å²) in [4.78, 5) is 8.26. The zero-order valence-electron chi connectivity index (χ0n) is 9.56. The van der Waals surface area contributed by atoms with Crippen LogP contribution in [-0.2, 0) is 0 Å². The van der Waals surface area contributed by atoms with E-state index in [1.807, 2.05) is 30.3 Å². The number of hydrogen-bond acceptors (Lipinski definition) is 4. The SMILES string of the molecule is Nc1cn(-c2ncccn2)nc1-c1ccccc1. The van der Waals surface area contributed by atoms with Crippen LogP contribution < -0.4 is 5.73 Å². The highest BCUT2D eigenvalue weighted by atomic mass is 15.3. The van der Waals surface area contributed by atoms with E-state index in [0.717, 1.165) is 11.3 Å². The van der Waals surface area contributed by atoms with Gasteiger partial charge in [-0.2, -0.15) is 5.10 Å². The van der Waals surface area contributed by atoms with Gasteiger partial charge in [-0.3, -0.25) is 0 Å². The second kappa shape index (κ2) is 4.29. The lowest BCUT2D eigenvalue weighted by atomic mass is 10.1. The summed E-state index contributed by atoms with van der Waals surface area (Å²) in [6.07, 6.45) is 5.06. The Bertz CT molecular complexity index is 646. The molecule has 0 saturated heterocycles. The summed E-state index contributed by atoms with van der Waals surface area (Å²) >= 11 is 0. The Balaban J connectivity index is 2.07. The molecule has 2 N–H and O–H groups in total. The molecular weight excluding hydrogens is 226 g/mol. The first-order chi connectivity index (χ1) is 8.84. The van der Waals surface area contributed by atoms with Crippen LogP contribution in [0.3, 0.4) is 0 Å². The van der Waals surface area contributed by atoms with Gasteiger partial charge in [0.15, 0.2) is 0 Å². The summed E-state index contributed by atoms with van der Waals surface area (Å²) in [7, 11) is 0. The van der Waals surface area contributed by atoms with E-state index in [1.54, 1.807) is 29.3 Å². The highest BCUT2D eigenvalue weighted by Gasteiger charge is 2.10. The third kappa shape index (κ3) is 1.82. The summed E-state index contributed by atoms with van der Waals surface area (Å²) in [6.45, 7) is 0. The minimum absolute atomic E-state index is 0.506. The molecule has 5 heteroatoms. The number of aromatic nitrogens is 4. The molecule has 0 fully saturated rings. The van der Waals surface area contributed by atoms with Crippen molar-refractivity contribution in [2.24, 2.45) is 0 Å². The largest absolute Gasteiger partial charge is 0.396 e. The Morgan fingerprint density at radius 2 is 1.67 bits per heavy atom. The van der Waals surface area contributed by atoms with E-state index in [0.29, 0.717) is 11.6 Å². The first-order valence-corrected chi connectivity index (χ1v) is 5.52. The molecule has 1 aromatic carbocycles. The number of nitrogen functional groups attached to an aromatic ring is 1. The second-order valence-electron chi connectivity index (χ2n) is 3.79. The Kier molecular flexibility index (Phi) is 2.49. The van der Waals surface area contributed by atoms with E-state index in [1.165, 1.54) is 0 Å². The van der Waals surface area contributed by atoms with Gasteiger partial charge in [0.2, 0.25) is 0 Å². The zero-order chi connectivity index (χ0) is 12.4. The average Bonchev–Trinajstić information content (AvgIpc) is 2.83. The molecule has 0 saturated carbocycles. The van der Waals surface area contributed by atoms with Crippen LogP contribution in [0.15, 0.2) is 55.0 Å². The topological polar surface area (TPSA) is 69.6 Å². The van der Waals surface area contributed by atoms with Crippen LogP contribution >= 0.6 is 0 Å². The molecule has 0 aliphatic heterocycles. The van der Waals surface area contributed by atoms with Crippen molar-refractivity contribution in [3.8, 4) is 17.2 Å². The molecule has 88 valence electrons. The van der Waals surface area contributed by atoms with Gasteiger partial charge in [-0.1, -0.05) is 30.3 Å². The van der Waals surface area contributed by atoms with Crippen molar-refractivity contribution in [1.29, 1.82) is 0 Å². The molecule has 2 heterocycles. The lowest BCUT2D eigenvalue weighted by Crippen LogP contribution is -2.00. The van der Waals surface area contributed by atoms with E-state index in [2.05, 4.69) is 15.1 Å². The Morgan fingerprint density at radius 3 is 2.39 bits per heavy atom. The van der Waals surface area contributed by atoms with E-state index in [4.69, 9.17) is 5.73 Å². The van der Waals surface area contributed by atoms with Crippen LogP contribution in [-0.4, -0.2) is 19.7 Å². The van der Waals surface area contributed by atoms with Gasteiger partial charge < -0.3 is 5.73 Å². The van der Waals surface area contributed by atoms with Crippen molar-refractivity contribution < 1.29 is 0 Å². The highest BCUT2D eigenvalue weighted by Crippen LogP contribution is 2.24. The summed E-state index contributed by atoms with van der Waals surface area (Å²) < 4.78 is 1.58. The van der Waals surface area contributed by atoms with Crippen LogP contribution in [0.5, 0.6) is 0 Å². The molecule has 0 spiro atoms. The fraction of sp³-hybridized carbons (Fsp3) is 0. The monoisotopic (exact) mass is 237 g/mol. The third-order valence-electron chi connectivity index (χ3n) is 2.55. The summed E-state index contributed by atoms with van der Waals surface area (Å²) in [6, 6.07) is 11.6. The van der Waals surface area contributed by atoms with Gasteiger partial charge in [-0.05, 0) is 6.07 Å². The molecule has 5 nitrogen and oxygen atoms in total. The smallest absolute Gasteiger partial charge is 0.250 e. The van der Waals surface area contributed by atoms with Gasteiger partial charge in [0, 0.05) is 18.0 Å². The lowest BCUT2D eigenvalue weighted by molar-refractivity contribution is 0.811. The maximum Gasteiger partial charge on any atom is 0.250 e. The van der Waals surface area contributed by atoms with Gasteiger partial charge in [-0.25, -0.2) is 14.6 Å². The first kappa shape index (κ1) is 10.5. The van der Waals surface area contributed by atoms with Crippen molar-refractivity contribution in [3.63, 3.8) is 0 Å².